The maximum Gasteiger partial charge on any atom is 0.312 e. The van der Waals surface area contributed by atoms with Crippen LogP contribution < -0.4 is 4.74 Å². The van der Waals surface area contributed by atoms with Crippen molar-refractivity contribution in [1.29, 1.82) is 0 Å². The van der Waals surface area contributed by atoms with Crippen LogP contribution in [0.1, 0.15) is 80.8 Å². The topological polar surface area (TPSA) is 104 Å². The molecule has 250 valence electrons. The molecule has 4 aromatic rings. The van der Waals surface area contributed by atoms with Crippen LogP contribution in [0.4, 0.5) is 0 Å². The molecule has 2 atom stereocenters. The van der Waals surface area contributed by atoms with Gasteiger partial charge in [-0.25, -0.2) is 8.42 Å². The second-order valence-electron chi connectivity index (χ2n) is 12.9. The van der Waals surface area contributed by atoms with Gasteiger partial charge in [0.1, 0.15) is 23.4 Å². The highest BCUT2D eigenvalue weighted by molar-refractivity contribution is 7.89. The number of nitrogens with zero attached hydrogens (tertiary/aromatic N) is 4. The first-order valence-electron chi connectivity index (χ1n) is 16.5. The van der Waals surface area contributed by atoms with Crippen molar-refractivity contribution in [3.05, 3.63) is 107 Å². The zero-order chi connectivity index (χ0) is 33.6. The molecule has 2 heterocycles. The number of esters is 1. The van der Waals surface area contributed by atoms with E-state index in [9.17, 15) is 13.2 Å². The normalized spacial score (nSPS) is 16.9. The summed E-state index contributed by atoms with van der Waals surface area (Å²) in [6, 6.07) is 22.6. The average molecular weight is 659 g/mol. The average Bonchev–Trinajstić information content (AvgIpc) is 3.47. The highest BCUT2D eigenvalue weighted by atomic mass is 32.2. The minimum absolute atomic E-state index is 0.182. The Morgan fingerprint density at radius 2 is 1.81 bits per heavy atom. The van der Waals surface area contributed by atoms with Crippen molar-refractivity contribution < 1.29 is 22.7 Å². The van der Waals surface area contributed by atoms with Crippen molar-refractivity contribution in [3.63, 3.8) is 0 Å². The molecule has 1 aliphatic rings. The summed E-state index contributed by atoms with van der Waals surface area (Å²) < 4.78 is 43.3. The number of hydrogen-bond acceptors (Lipinski definition) is 7. The van der Waals surface area contributed by atoms with Gasteiger partial charge in [0, 0.05) is 19.3 Å². The van der Waals surface area contributed by atoms with Crippen molar-refractivity contribution in [1.82, 2.24) is 19.3 Å². The van der Waals surface area contributed by atoms with E-state index in [-0.39, 0.29) is 42.6 Å². The van der Waals surface area contributed by atoms with E-state index < -0.39 is 15.4 Å². The molecule has 0 radical (unpaired) electrons. The number of ether oxygens (including phenoxy) is 2. The largest absolute Gasteiger partial charge is 0.488 e. The van der Waals surface area contributed by atoms with Crippen LogP contribution in [0.2, 0.25) is 0 Å². The van der Waals surface area contributed by atoms with E-state index >= 15 is 0 Å². The van der Waals surface area contributed by atoms with E-state index in [1.165, 1.54) is 4.31 Å². The van der Waals surface area contributed by atoms with Crippen molar-refractivity contribution in [2.45, 2.75) is 96.9 Å². The number of fused-ring (bicyclic) bond motifs is 1. The third kappa shape index (κ3) is 7.93. The third-order valence-corrected chi connectivity index (χ3v) is 10.9. The van der Waals surface area contributed by atoms with Gasteiger partial charge in [0.2, 0.25) is 10.0 Å². The summed E-state index contributed by atoms with van der Waals surface area (Å²) >= 11 is 0. The van der Waals surface area contributed by atoms with Gasteiger partial charge in [0.05, 0.1) is 17.7 Å². The molecule has 0 spiro atoms. The molecule has 0 N–H and O–H groups in total. The number of aromatic nitrogens is 3. The smallest absolute Gasteiger partial charge is 0.312 e. The highest BCUT2D eigenvalue weighted by Crippen LogP contribution is 2.41. The summed E-state index contributed by atoms with van der Waals surface area (Å²) in [5, 5.41) is 8.64. The van der Waals surface area contributed by atoms with E-state index in [1.807, 2.05) is 81.0 Å². The summed E-state index contributed by atoms with van der Waals surface area (Å²) in [4.78, 5) is 14.0. The van der Waals surface area contributed by atoms with Crippen LogP contribution >= 0.6 is 0 Å². The number of benzene rings is 3. The van der Waals surface area contributed by atoms with E-state index in [0.717, 1.165) is 40.9 Å². The first kappa shape index (κ1) is 34.3. The first-order chi connectivity index (χ1) is 22.5. The van der Waals surface area contributed by atoms with Crippen molar-refractivity contribution in [2.24, 2.45) is 5.41 Å². The molecule has 3 aromatic carbocycles. The number of sulfonamides is 1. The fourth-order valence-electron chi connectivity index (χ4n) is 6.15. The Hall–Kier alpha value is -4.02. The van der Waals surface area contributed by atoms with E-state index in [4.69, 9.17) is 9.47 Å². The quantitative estimate of drug-likeness (QED) is 0.145. The van der Waals surface area contributed by atoms with Crippen LogP contribution in [0.15, 0.2) is 83.9 Å². The zero-order valence-electron chi connectivity index (χ0n) is 28.1. The van der Waals surface area contributed by atoms with Crippen molar-refractivity contribution in [3.8, 4) is 5.75 Å². The second kappa shape index (κ2) is 14.8. The molecular weight excluding hydrogens is 612 g/mol. The molecular formula is C37H46N4O5S. The molecule has 10 heteroatoms. The van der Waals surface area contributed by atoms with Gasteiger partial charge in [-0.3, -0.25) is 9.48 Å². The van der Waals surface area contributed by atoms with Crippen molar-refractivity contribution in [2.75, 3.05) is 6.54 Å². The second-order valence-corrected chi connectivity index (χ2v) is 14.8. The first-order valence-corrected chi connectivity index (χ1v) is 17.9. The summed E-state index contributed by atoms with van der Waals surface area (Å²) in [6.07, 6.45) is 4.58. The SMILES string of the molecule is CCCn1cc(CC[C@@H](c2ccc(C)c(CN3CC(CC)Oc4ccccc4S3(=O)=O)c2)C(C)(C)C(=O)OCc2ccccc2)nn1. The van der Waals surface area contributed by atoms with Gasteiger partial charge in [0.25, 0.3) is 0 Å². The molecule has 1 aromatic heterocycles. The van der Waals surface area contributed by atoms with Gasteiger partial charge in [-0.2, -0.15) is 4.31 Å². The fraction of sp³-hybridized carbons (Fsp3) is 0.432. The van der Waals surface area contributed by atoms with Crippen molar-refractivity contribution >= 4 is 16.0 Å². The molecule has 47 heavy (non-hydrogen) atoms. The lowest BCUT2D eigenvalue weighted by atomic mass is 9.72. The van der Waals surface area contributed by atoms with Gasteiger partial charge in [0.15, 0.2) is 0 Å². The summed E-state index contributed by atoms with van der Waals surface area (Å²) in [5.74, 6) is -0.147. The number of carbonyl (C=O) groups excluding carboxylic acids is 1. The molecule has 1 aliphatic heterocycles. The lowest BCUT2D eigenvalue weighted by molar-refractivity contribution is -0.157. The minimum Gasteiger partial charge on any atom is -0.488 e. The molecule has 9 nitrogen and oxygen atoms in total. The maximum atomic E-state index is 13.9. The lowest BCUT2D eigenvalue weighted by Crippen LogP contribution is -2.37. The van der Waals surface area contributed by atoms with Crippen LogP contribution in [0.5, 0.6) is 5.75 Å². The molecule has 0 bridgehead atoms. The monoisotopic (exact) mass is 658 g/mol. The predicted molar refractivity (Wildman–Crippen MR) is 181 cm³/mol. The lowest BCUT2D eigenvalue weighted by Gasteiger charge is -2.33. The Kier molecular flexibility index (Phi) is 10.8. The van der Waals surface area contributed by atoms with Gasteiger partial charge < -0.3 is 9.47 Å². The van der Waals surface area contributed by atoms with Crippen LogP contribution in [-0.4, -0.2) is 46.3 Å². The Morgan fingerprint density at radius 3 is 2.55 bits per heavy atom. The molecule has 1 unspecified atom stereocenters. The van der Waals surface area contributed by atoms with Crippen LogP contribution in [0.3, 0.4) is 0 Å². The number of carbonyl (C=O) groups is 1. The Balaban J connectivity index is 1.46. The summed E-state index contributed by atoms with van der Waals surface area (Å²) in [7, 11) is -3.82. The number of para-hydroxylation sites is 1. The van der Waals surface area contributed by atoms with Gasteiger partial charge in [-0.15, -0.1) is 5.10 Å². The van der Waals surface area contributed by atoms with E-state index in [0.29, 0.717) is 25.0 Å². The Labute approximate surface area is 279 Å². The summed E-state index contributed by atoms with van der Waals surface area (Å²) in [5.41, 5.74) is 3.70. The fourth-order valence-corrected chi connectivity index (χ4v) is 7.72. The number of aryl methyl sites for hydroxylation is 3. The number of rotatable bonds is 13. The molecule has 0 fully saturated rings. The Bertz CT molecular complexity index is 1770. The van der Waals surface area contributed by atoms with E-state index in [1.54, 1.807) is 24.3 Å². The third-order valence-electron chi connectivity index (χ3n) is 9.08. The number of hydrogen-bond donors (Lipinski definition) is 0. The van der Waals surface area contributed by atoms with E-state index in [2.05, 4.69) is 23.3 Å². The van der Waals surface area contributed by atoms with Gasteiger partial charge in [-0.05, 0) is 86.8 Å². The van der Waals surface area contributed by atoms with Crippen LogP contribution in [0, 0.1) is 12.3 Å². The molecule has 0 saturated heterocycles. The molecule has 5 rings (SSSR count). The maximum absolute atomic E-state index is 13.9. The van der Waals surface area contributed by atoms with Gasteiger partial charge >= 0.3 is 5.97 Å². The predicted octanol–water partition coefficient (Wildman–Crippen LogP) is 6.84. The summed E-state index contributed by atoms with van der Waals surface area (Å²) in [6.45, 7) is 11.4. The standard InChI is InChI=1S/C37H46N4O5S/c1-6-21-40-24-31(38-39-40)19-20-33(37(4,5)36(42)45-26-28-13-9-8-10-14-28)29-18-17-27(3)30(22-29)23-41-25-32(7-2)46-34-15-11-12-16-35(34)47(41,43)44/h8-18,22,24,32-33H,6-7,19-21,23,25-26H2,1-5H3/t32?,33-/m0/s1. The minimum atomic E-state index is -3.82. The highest BCUT2D eigenvalue weighted by Gasteiger charge is 2.40. The van der Waals surface area contributed by atoms with Crippen LogP contribution in [0.25, 0.3) is 0 Å². The molecule has 0 saturated carbocycles. The Morgan fingerprint density at radius 1 is 1.06 bits per heavy atom. The molecule has 0 amide bonds. The van der Waals surface area contributed by atoms with Gasteiger partial charge in [-0.1, -0.05) is 79.7 Å². The zero-order valence-corrected chi connectivity index (χ0v) is 28.9. The van der Waals surface area contributed by atoms with Crippen LogP contribution in [-0.2, 0) is 45.7 Å². The molecule has 0 aliphatic carbocycles.